The predicted molar refractivity (Wildman–Crippen MR) is 105 cm³/mol. The van der Waals surface area contributed by atoms with Gasteiger partial charge in [0.15, 0.2) is 6.61 Å². The maximum atomic E-state index is 12.3. The van der Waals surface area contributed by atoms with Crippen LogP contribution in [0, 0.1) is 6.92 Å². The van der Waals surface area contributed by atoms with Gasteiger partial charge < -0.3 is 10.1 Å². The number of rotatable bonds is 7. The van der Waals surface area contributed by atoms with Gasteiger partial charge in [0.1, 0.15) is 5.01 Å². The van der Waals surface area contributed by atoms with Crippen LogP contribution in [0.4, 0.5) is 10.8 Å². The lowest BCUT2D eigenvalue weighted by atomic mass is 10.3. The highest BCUT2D eigenvalue weighted by Gasteiger charge is 2.17. The minimum atomic E-state index is -3.83. The maximum Gasteiger partial charge on any atom is 0.338 e. The van der Waals surface area contributed by atoms with E-state index in [1.165, 1.54) is 48.8 Å². The second-order valence-corrected chi connectivity index (χ2v) is 8.48. The summed E-state index contributed by atoms with van der Waals surface area (Å²) in [6.45, 7) is 1.22. The molecule has 3 aromatic rings. The summed E-state index contributed by atoms with van der Waals surface area (Å²) in [7, 11) is -3.83. The summed E-state index contributed by atoms with van der Waals surface area (Å²) in [5.74, 6) is -1.22. The Hall–Kier alpha value is -3.38. The van der Waals surface area contributed by atoms with Crippen LogP contribution in [0.5, 0.6) is 0 Å². The van der Waals surface area contributed by atoms with Crippen molar-refractivity contribution >= 4 is 44.1 Å². The summed E-state index contributed by atoms with van der Waals surface area (Å²) in [5.41, 5.74) is 0.626. The van der Waals surface area contributed by atoms with Crippen molar-refractivity contribution in [1.82, 2.24) is 15.2 Å². The van der Waals surface area contributed by atoms with E-state index in [1.807, 2.05) is 0 Å². The first-order valence-electron chi connectivity index (χ1n) is 8.13. The van der Waals surface area contributed by atoms with Gasteiger partial charge in [0, 0.05) is 18.1 Å². The van der Waals surface area contributed by atoms with Crippen LogP contribution in [0.15, 0.2) is 53.7 Å². The fraction of sp³-hybridized carbons (Fsp3) is 0.118. The number of nitrogens with zero attached hydrogens (tertiary/aromatic N) is 3. The van der Waals surface area contributed by atoms with E-state index in [2.05, 4.69) is 25.2 Å². The van der Waals surface area contributed by atoms with Crippen molar-refractivity contribution in [3.05, 3.63) is 59.4 Å². The SMILES string of the molecule is Cc1nnc(NS(=O)(=O)c2ccc(NC(=O)COC(=O)c3ccncc3)cc2)s1. The molecule has 0 saturated heterocycles. The number of hydrogen-bond acceptors (Lipinski definition) is 9. The average molecular weight is 433 g/mol. The normalized spacial score (nSPS) is 10.9. The molecule has 0 bridgehead atoms. The van der Waals surface area contributed by atoms with Crippen molar-refractivity contribution < 1.29 is 22.7 Å². The molecule has 2 N–H and O–H groups in total. The summed E-state index contributed by atoms with van der Waals surface area (Å²) in [6.07, 6.45) is 2.88. The van der Waals surface area contributed by atoms with Gasteiger partial charge >= 0.3 is 5.97 Å². The van der Waals surface area contributed by atoms with Crippen LogP contribution < -0.4 is 10.0 Å². The van der Waals surface area contributed by atoms with Gasteiger partial charge in [-0.05, 0) is 43.3 Å². The molecule has 150 valence electrons. The Bertz CT molecular complexity index is 1110. The Kier molecular flexibility index (Phi) is 6.14. The van der Waals surface area contributed by atoms with Crippen molar-refractivity contribution in [2.24, 2.45) is 0 Å². The molecule has 12 heteroatoms. The molecule has 0 unspecified atom stereocenters. The molecule has 0 saturated carbocycles. The van der Waals surface area contributed by atoms with Gasteiger partial charge in [0.05, 0.1) is 10.5 Å². The summed E-state index contributed by atoms with van der Waals surface area (Å²) in [6, 6.07) is 8.43. The van der Waals surface area contributed by atoms with Crippen molar-refractivity contribution in [1.29, 1.82) is 0 Å². The van der Waals surface area contributed by atoms with E-state index in [0.717, 1.165) is 11.3 Å². The quantitative estimate of drug-likeness (QED) is 0.538. The number of carbonyl (C=O) groups is 2. The zero-order valence-corrected chi connectivity index (χ0v) is 16.7. The number of sulfonamides is 1. The monoisotopic (exact) mass is 433 g/mol. The number of esters is 1. The van der Waals surface area contributed by atoms with Crippen LogP contribution in [0.2, 0.25) is 0 Å². The van der Waals surface area contributed by atoms with Crippen LogP contribution >= 0.6 is 11.3 Å². The van der Waals surface area contributed by atoms with Gasteiger partial charge in [-0.3, -0.25) is 14.5 Å². The first-order valence-corrected chi connectivity index (χ1v) is 10.4. The summed E-state index contributed by atoms with van der Waals surface area (Å²) >= 11 is 1.11. The molecule has 1 aromatic carbocycles. The highest BCUT2D eigenvalue weighted by molar-refractivity contribution is 7.93. The molecule has 3 rings (SSSR count). The van der Waals surface area contributed by atoms with Crippen molar-refractivity contribution in [3.8, 4) is 0 Å². The van der Waals surface area contributed by atoms with E-state index in [9.17, 15) is 18.0 Å². The molecule has 0 fully saturated rings. The Labute approximate surface area is 170 Å². The fourth-order valence-electron chi connectivity index (χ4n) is 2.13. The highest BCUT2D eigenvalue weighted by Crippen LogP contribution is 2.20. The van der Waals surface area contributed by atoms with Gasteiger partial charge in [0.2, 0.25) is 5.13 Å². The zero-order valence-electron chi connectivity index (χ0n) is 15.0. The Morgan fingerprint density at radius 1 is 1.07 bits per heavy atom. The van der Waals surface area contributed by atoms with Gasteiger partial charge in [-0.25, -0.2) is 13.2 Å². The van der Waals surface area contributed by atoms with Gasteiger partial charge in [-0.2, -0.15) is 0 Å². The smallest absolute Gasteiger partial charge is 0.338 e. The number of hydrogen-bond donors (Lipinski definition) is 2. The topological polar surface area (TPSA) is 140 Å². The number of anilines is 2. The molecule has 29 heavy (non-hydrogen) atoms. The molecule has 0 radical (unpaired) electrons. The van der Waals surface area contributed by atoms with Crippen LogP contribution in [0.25, 0.3) is 0 Å². The zero-order chi connectivity index (χ0) is 20.9. The lowest BCUT2D eigenvalue weighted by Crippen LogP contribution is -2.21. The van der Waals surface area contributed by atoms with Gasteiger partial charge in [0.25, 0.3) is 15.9 Å². The van der Waals surface area contributed by atoms with Crippen LogP contribution in [-0.4, -0.2) is 42.1 Å². The van der Waals surface area contributed by atoms with Crippen LogP contribution in [0.1, 0.15) is 15.4 Å². The summed E-state index contributed by atoms with van der Waals surface area (Å²) in [4.78, 5) is 27.5. The number of nitrogens with one attached hydrogen (secondary N) is 2. The highest BCUT2D eigenvalue weighted by atomic mass is 32.2. The molecular weight excluding hydrogens is 418 g/mol. The summed E-state index contributed by atoms with van der Waals surface area (Å²) in [5, 5.41) is 10.8. The van der Waals surface area contributed by atoms with Crippen LogP contribution in [0.3, 0.4) is 0 Å². The Morgan fingerprint density at radius 2 is 1.76 bits per heavy atom. The van der Waals surface area contributed by atoms with E-state index >= 15 is 0 Å². The molecule has 0 aliphatic carbocycles. The molecule has 10 nitrogen and oxygen atoms in total. The van der Waals surface area contributed by atoms with E-state index in [0.29, 0.717) is 10.7 Å². The fourth-order valence-corrected chi connectivity index (χ4v) is 3.95. The minimum Gasteiger partial charge on any atom is -0.452 e. The number of pyridine rings is 1. The largest absolute Gasteiger partial charge is 0.452 e. The second-order valence-electron chi connectivity index (χ2n) is 5.62. The first kappa shape index (κ1) is 20.4. The van der Waals surface area contributed by atoms with E-state index in [-0.39, 0.29) is 15.6 Å². The van der Waals surface area contributed by atoms with Crippen molar-refractivity contribution in [3.63, 3.8) is 0 Å². The molecule has 0 aliphatic heterocycles. The number of ether oxygens (including phenoxy) is 1. The lowest BCUT2D eigenvalue weighted by Gasteiger charge is -2.08. The van der Waals surface area contributed by atoms with E-state index in [4.69, 9.17) is 4.74 Å². The third kappa shape index (κ3) is 5.56. The van der Waals surface area contributed by atoms with E-state index in [1.54, 1.807) is 6.92 Å². The number of benzene rings is 1. The summed E-state index contributed by atoms with van der Waals surface area (Å²) < 4.78 is 31.9. The first-order chi connectivity index (χ1) is 13.8. The lowest BCUT2D eigenvalue weighted by molar-refractivity contribution is -0.119. The molecule has 0 aliphatic rings. The third-order valence-electron chi connectivity index (χ3n) is 3.45. The second kappa shape index (κ2) is 8.75. The van der Waals surface area contributed by atoms with E-state index < -0.39 is 28.5 Å². The number of aryl methyl sites for hydroxylation is 1. The molecular formula is C17H15N5O5S2. The average Bonchev–Trinajstić information content (AvgIpc) is 3.11. The standard InChI is InChI=1S/C17H15N5O5S2/c1-11-20-21-17(28-11)22-29(25,26)14-4-2-13(3-5-14)19-15(23)10-27-16(24)12-6-8-18-9-7-12/h2-9H,10H2,1H3,(H,19,23)(H,21,22). The number of aromatic nitrogens is 3. The Morgan fingerprint density at radius 3 is 2.38 bits per heavy atom. The molecule has 2 aromatic heterocycles. The van der Waals surface area contributed by atoms with Gasteiger partial charge in [-0.1, -0.05) is 11.3 Å². The molecule has 1 amide bonds. The number of amides is 1. The minimum absolute atomic E-state index is 0.00698. The molecule has 2 heterocycles. The van der Waals surface area contributed by atoms with Crippen LogP contribution in [-0.2, 0) is 19.6 Å². The van der Waals surface area contributed by atoms with Gasteiger partial charge in [-0.15, -0.1) is 10.2 Å². The Balaban J connectivity index is 1.55. The number of carbonyl (C=O) groups excluding carboxylic acids is 2. The van der Waals surface area contributed by atoms with Crippen molar-refractivity contribution in [2.75, 3.05) is 16.6 Å². The maximum absolute atomic E-state index is 12.3. The molecule has 0 atom stereocenters. The van der Waals surface area contributed by atoms with Crippen molar-refractivity contribution in [2.45, 2.75) is 11.8 Å². The third-order valence-corrected chi connectivity index (χ3v) is 5.68. The molecule has 0 spiro atoms. The predicted octanol–water partition coefficient (Wildman–Crippen LogP) is 1.84.